The number of carbonyl (C=O) groups is 1. The molecule has 31 heavy (non-hydrogen) atoms. The first-order chi connectivity index (χ1) is 14.9. The van der Waals surface area contributed by atoms with Crippen LogP contribution in [0.4, 0.5) is 23.7 Å². The Bertz CT molecular complexity index is 1100. The van der Waals surface area contributed by atoms with Gasteiger partial charge in [-0.3, -0.25) is 0 Å². The van der Waals surface area contributed by atoms with Gasteiger partial charge in [0.15, 0.2) is 11.6 Å². The summed E-state index contributed by atoms with van der Waals surface area (Å²) in [5, 5.41) is 22.5. The number of nitrogens with one attached hydrogen (secondary N) is 2. The zero-order valence-corrected chi connectivity index (χ0v) is 16.3. The van der Waals surface area contributed by atoms with Crippen molar-refractivity contribution in [2.75, 3.05) is 12.4 Å². The Kier molecular flexibility index (Phi) is 5.51. The van der Waals surface area contributed by atoms with Crippen molar-refractivity contribution in [3.63, 3.8) is 0 Å². The SMILES string of the molecule is COc1cc(F)c([C@@H]2Cn3c(CO)nnc3[C@H]2NC(=O)Nc2ccc(F)cc2)c(F)c1. The molecule has 0 bridgehead atoms. The number of hydrogen-bond donors (Lipinski definition) is 3. The maximum atomic E-state index is 14.8. The number of urea groups is 1. The Hall–Kier alpha value is -3.60. The highest BCUT2D eigenvalue weighted by molar-refractivity contribution is 5.89. The number of aliphatic hydroxyl groups is 1. The van der Waals surface area contributed by atoms with Crippen LogP contribution in [0, 0.1) is 17.5 Å². The van der Waals surface area contributed by atoms with Crippen molar-refractivity contribution in [3.05, 3.63) is 71.1 Å². The average Bonchev–Trinajstić information content (AvgIpc) is 3.29. The van der Waals surface area contributed by atoms with Gasteiger partial charge >= 0.3 is 6.03 Å². The monoisotopic (exact) mass is 433 g/mol. The van der Waals surface area contributed by atoms with Crippen LogP contribution in [-0.2, 0) is 13.2 Å². The quantitative estimate of drug-likeness (QED) is 0.575. The molecular weight excluding hydrogens is 415 g/mol. The Morgan fingerprint density at radius 1 is 1.19 bits per heavy atom. The molecule has 0 fully saturated rings. The zero-order valence-electron chi connectivity index (χ0n) is 16.3. The number of halogens is 3. The molecule has 2 aromatic carbocycles. The minimum atomic E-state index is -0.939. The number of anilines is 1. The molecule has 0 radical (unpaired) electrons. The van der Waals surface area contributed by atoms with Gasteiger partial charge in [-0.25, -0.2) is 18.0 Å². The third kappa shape index (κ3) is 3.91. The number of fused-ring (bicyclic) bond motifs is 1. The van der Waals surface area contributed by atoms with Gasteiger partial charge in [-0.1, -0.05) is 0 Å². The third-order valence-corrected chi connectivity index (χ3v) is 5.10. The van der Waals surface area contributed by atoms with Crippen LogP contribution in [0.3, 0.4) is 0 Å². The lowest BCUT2D eigenvalue weighted by molar-refractivity contribution is 0.246. The zero-order chi connectivity index (χ0) is 22.1. The molecular formula is C20H18F3N5O3. The first kappa shape index (κ1) is 20.7. The van der Waals surface area contributed by atoms with Crippen LogP contribution < -0.4 is 15.4 Å². The smallest absolute Gasteiger partial charge is 0.319 e. The van der Waals surface area contributed by atoms with E-state index in [1.54, 1.807) is 0 Å². The molecule has 0 saturated carbocycles. The van der Waals surface area contributed by atoms with Crippen LogP contribution in [0.5, 0.6) is 5.75 Å². The van der Waals surface area contributed by atoms with Crippen molar-refractivity contribution >= 4 is 11.7 Å². The van der Waals surface area contributed by atoms with Crippen molar-refractivity contribution < 1.29 is 27.8 Å². The van der Waals surface area contributed by atoms with Crippen molar-refractivity contribution in [3.8, 4) is 5.75 Å². The van der Waals surface area contributed by atoms with Gasteiger partial charge in [0.2, 0.25) is 0 Å². The first-order valence-electron chi connectivity index (χ1n) is 9.30. The molecule has 1 aliphatic rings. The molecule has 2 atom stereocenters. The van der Waals surface area contributed by atoms with Crippen LogP contribution >= 0.6 is 0 Å². The van der Waals surface area contributed by atoms with Crippen LogP contribution in [0.25, 0.3) is 0 Å². The molecule has 8 nitrogen and oxygen atoms in total. The summed E-state index contributed by atoms with van der Waals surface area (Å²) in [5.41, 5.74) is 0.0787. The van der Waals surface area contributed by atoms with Crippen molar-refractivity contribution in [2.24, 2.45) is 0 Å². The van der Waals surface area contributed by atoms with E-state index < -0.39 is 42.0 Å². The van der Waals surface area contributed by atoms with Crippen LogP contribution in [-0.4, -0.2) is 33.0 Å². The fourth-order valence-corrected chi connectivity index (χ4v) is 3.68. The highest BCUT2D eigenvalue weighted by atomic mass is 19.1. The van der Waals surface area contributed by atoms with E-state index in [0.29, 0.717) is 5.69 Å². The number of methoxy groups -OCH3 is 1. The van der Waals surface area contributed by atoms with E-state index in [1.807, 2.05) is 0 Å². The first-order valence-corrected chi connectivity index (χ1v) is 9.30. The predicted octanol–water partition coefficient (Wildman–Crippen LogP) is 2.86. The maximum Gasteiger partial charge on any atom is 0.319 e. The number of nitrogens with zero attached hydrogens (tertiary/aromatic N) is 3. The Morgan fingerprint density at radius 3 is 2.48 bits per heavy atom. The fourth-order valence-electron chi connectivity index (χ4n) is 3.68. The topological polar surface area (TPSA) is 101 Å². The van der Waals surface area contributed by atoms with E-state index in [4.69, 9.17) is 4.74 Å². The minimum Gasteiger partial charge on any atom is -0.497 e. The summed E-state index contributed by atoms with van der Waals surface area (Å²) in [6.45, 7) is -0.387. The number of rotatable bonds is 5. The molecule has 0 aliphatic carbocycles. The lowest BCUT2D eigenvalue weighted by atomic mass is 9.92. The summed E-state index contributed by atoms with van der Waals surface area (Å²) in [6, 6.07) is 5.59. The van der Waals surface area contributed by atoms with Crippen molar-refractivity contribution in [1.82, 2.24) is 20.1 Å². The summed E-state index contributed by atoms with van der Waals surface area (Å²) in [5.74, 6) is -2.52. The molecule has 3 aromatic rings. The standard InChI is InChI=1S/C20H18F3N5O3/c1-31-12-6-14(22)17(15(23)7-12)13-8-28-16(9-29)26-27-19(28)18(13)25-20(30)24-11-4-2-10(21)3-5-11/h2-7,13,18,29H,8-9H2,1H3,(H2,24,25,30)/t13-,18-/m0/s1. The number of aliphatic hydroxyl groups excluding tert-OH is 1. The van der Waals surface area contributed by atoms with Gasteiger partial charge in [-0.05, 0) is 24.3 Å². The van der Waals surface area contributed by atoms with Gasteiger partial charge < -0.3 is 25.0 Å². The number of hydrogen-bond acceptors (Lipinski definition) is 5. The van der Waals surface area contributed by atoms with Gasteiger partial charge in [0.1, 0.15) is 29.8 Å². The Balaban J connectivity index is 1.66. The number of benzene rings is 2. The molecule has 2 amide bonds. The highest BCUT2D eigenvalue weighted by Gasteiger charge is 2.41. The van der Waals surface area contributed by atoms with Gasteiger partial charge in [-0.2, -0.15) is 0 Å². The average molecular weight is 433 g/mol. The van der Waals surface area contributed by atoms with E-state index in [-0.39, 0.29) is 29.5 Å². The molecule has 0 unspecified atom stereocenters. The largest absolute Gasteiger partial charge is 0.497 e. The second-order valence-corrected chi connectivity index (χ2v) is 6.94. The van der Waals surface area contributed by atoms with E-state index in [2.05, 4.69) is 20.8 Å². The van der Waals surface area contributed by atoms with E-state index in [0.717, 1.165) is 12.1 Å². The molecule has 1 aromatic heterocycles. The third-order valence-electron chi connectivity index (χ3n) is 5.10. The van der Waals surface area contributed by atoms with E-state index in [1.165, 1.54) is 35.9 Å². The second kappa shape index (κ2) is 8.26. The minimum absolute atomic E-state index is 0.0192. The Morgan fingerprint density at radius 2 is 1.87 bits per heavy atom. The van der Waals surface area contributed by atoms with Crippen LogP contribution in [0.2, 0.25) is 0 Å². The number of aromatic nitrogens is 3. The molecule has 3 N–H and O–H groups in total. The van der Waals surface area contributed by atoms with Crippen LogP contribution in [0.15, 0.2) is 36.4 Å². The maximum absolute atomic E-state index is 14.8. The summed E-state index contributed by atoms with van der Waals surface area (Å²) < 4.78 is 49.0. The molecule has 4 rings (SSSR count). The van der Waals surface area contributed by atoms with Crippen molar-refractivity contribution in [2.45, 2.75) is 25.1 Å². The number of ether oxygens (including phenoxy) is 1. The number of amides is 2. The lowest BCUT2D eigenvalue weighted by Gasteiger charge is -2.22. The highest BCUT2D eigenvalue weighted by Crippen LogP contribution is 2.41. The molecule has 0 spiro atoms. The molecule has 2 heterocycles. The molecule has 0 saturated heterocycles. The summed E-state index contributed by atoms with van der Waals surface area (Å²) >= 11 is 0. The summed E-state index contributed by atoms with van der Waals surface area (Å²) in [6.07, 6.45) is 0. The van der Waals surface area contributed by atoms with E-state index >= 15 is 0 Å². The Labute approximate surface area is 174 Å². The number of carbonyl (C=O) groups excluding carboxylic acids is 1. The van der Waals surface area contributed by atoms with Gasteiger partial charge in [0, 0.05) is 35.8 Å². The van der Waals surface area contributed by atoms with Gasteiger partial charge in [0.05, 0.1) is 13.2 Å². The summed E-state index contributed by atoms with van der Waals surface area (Å²) in [4.78, 5) is 12.6. The van der Waals surface area contributed by atoms with Gasteiger partial charge in [-0.15, -0.1) is 10.2 Å². The lowest BCUT2D eigenvalue weighted by Crippen LogP contribution is -2.35. The van der Waals surface area contributed by atoms with Crippen LogP contribution in [0.1, 0.15) is 29.2 Å². The second-order valence-electron chi connectivity index (χ2n) is 6.94. The summed E-state index contributed by atoms with van der Waals surface area (Å²) in [7, 11) is 1.29. The molecule has 162 valence electrons. The normalized spacial score (nSPS) is 17.3. The van der Waals surface area contributed by atoms with Crippen molar-refractivity contribution in [1.29, 1.82) is 0 Å². The predicted molar refractivity (Wildman–Crippen MR) is 103 cm³/mol. The fraction of sp³-hybridized carbons (Fsp3) is 0.250. The van der Waals surface area contributed by atoms with E-state index in [9.17, 15) is 23.1 Å². The molecule has 11 heteroatoms. The van der Waals surface area contributed by atoms with Gasteiger partial charge in [0.25, 0.3) is 0 Å². The molecule has 1 aliphatic heterocycles.